The Morgan fingerprint density at radius 2 is 1.76 bits per heavy atom. The Morgan fingerprint density at radius 3 is 2.44 bits per heavy atom. The molecule has 8 heteroatoms. The van der Waals surface area contributed by atoms with E-state index in [0.717, 1.165) is 17.8 Å². The van der Waals surface area contributed by atoms with E-state index in [2.05, 4.69) is 15.0 Å². The summed E-state index contributed by atoms with van der Waals surface area (Å²) in [6.07, 6.45) is -1.60. The smallest absolute Gasteiger partial charge is 0.433 e. The minimum Gasteiger partial charge on any atom is -0.497 e. The van der Waals surface area contributed by atoms with Crippen LogP contribution in [0.3, 0.4) is 0 Å². The van der Waals surface area contributed by atoms with Crippen molar-refractivity contribution in [3.63, 3.8) is 0 Å². The van der Waals surface area contributed by atoms with E-state index in [1.54, 1.807) is 36.4 Å². The molecule has 0 aliphatic heterocycles. The number of aromatic nitrogens is 3. The van der Waals surface area contributed by atoms with Crippen LogP contribution in [0, 0.1) is 0 Å². The molecule has 0 bridgehead atoms. The maximum Gasteiger partial charge on any atom is 0.433 e. The Bertz CT molecular complexity index is 873. The third-order valence-corrected chi connectivity index (χ3v) is 4.10. The molecule has 25 heavy (non-hydrogen) atoms. The maximum absolute atomic E-state index is 13.2. The monoisotopic (exact) mass is 363 g/mol. The van der Waals surface area contributed by atoms with Gasteiger partial charge in [-0.3, -0.25) is 4.98 Å². The lowest BCUT2D eigenvalue weighted by Crippen LogP contribution is -2.10. The Hall–Kier alpha value is -2.61. The maximum atomic E-state index is 13.2. The van der Waals surface area contributed by atoms with Crippen LogP contribution in [-0.4, -0.2) is 22.1 Å². The van der Waals surface area contributed by atoms with Gasteiger partial charge in [0.25, 0.3) is 0 Å². The van der Waals surface area contributed by atoms with Crippen molar-refractivity contribution in [3.8, 4) is 17.1 Å². The zero-order valence-electron chi connectivity index (χ0n) is 13.0. The topological polar surface area (TPSA) is 47.9 Å². The number of pyridine rings is 1. The van der Waals surface area contributed by atoms with Gasteiger partial charge in [0, 0.05) is 28.9 Å². The number of ether oxygens (including phenoxy) is 1. The van der Waals surface area contributed by atoms with Crippen LogP contribution in [-0.2, 0) is 6.18 Å². The molecule has 0 N–H and O–H groups in total. The number of nitrogens with zero attached hydrogens (tertiary/aromatic N) is 3. The number of halogens is 3. The number of methoxy groups -OCH3 is 1. The molecule has 1 aromatic carbocycles. The predicted molar refractivity (Wildman–Crippen MR) is 87.4 cm³/mol. The second kappa shape index (κ2) is 7.10. The van der Waals surface area contributed by atoms with E-state index in [4.69, 9.17) is 4.74 Å². The summed E-state index contributed by atoms with van der Waals surface area (Å²) in [5.41, 5.74) is -0.520. The Labute approximate surface area is 146 Å². The molecule has 3 aromatic rings. The van der Waals surface area contributed by atoms with Gasteiger partial charge in [0.1, 0.15) is 16.5 Å². The molecular weight excluding hydrogens is 351 g/mol. The molecule has 3 rings (SSSR count). The van der Waals surface area contributed by atoms with Crippen LogP contribution in [0.1, 0.15) is 5.69 Å². The molecule has 0 fully saturated rings. The van der Waals surface area contributed by atoms with Gasteiger partial charge in [-0.1, -0.05) is 17.8 Å². The summed E-state index contributed by atoms with van der Waals surface area (Å²) in [6.45, 7) is 0. The van der Waals surface area contributed by atoms with Crippen molar-refractivity contribution in [2.24, 2.45) is 0 Å². The standard InChI is InChI=1S/C17H12F3N3OS/c1-24-12-3-2-4-13(9-12)25-15-10-14(17(18,19)20)22-16(23-15)11-5-7-21-8-6-11/h2-10H,1H3. The highest BCUT2D eigenvalue weighted by atomic mass is 32.2. The number of rotatable bonds is 4. The number of alkyl halides is 3. The van der Waals surface area contributed by atoms with Gasteiger partial charge >= 0.3 is 6.18 Å². The fraction of sp³-hybridized carbons (Fsp3) is 0.118. The molecule has 0 amide bonds. The molecule has 0 saturated carbocycles. The van der Waals surface area contributed by atoms with Crippen molar-refractivity contribution in [2.75, 3.05) is 7.11 Å². The first-order valence-corrected chi connectivity index (χ1v) is 7.96. The molecule has 128 valence electrons. The van der Waals surface area contributed by atoms with Gasteiger partial charge in [-0.15, -0.1) is 0 Å². The van der Waals surface area contributed by atoms with Crippen LogP contribution in [0.4, 0.5) is 13.2 Å². The van der Waals surface area contributed by atoms with Gasteiger partial charge in [-0.2, -0.15) is 13.2 Å². The number of benzene rings is 1. The van der Waals surface area contributed by atoms with E-state index in [1.807, 2.05) is 0 Å². The van der Waals surface area contributed by atoms with E-state index in [0.29, 0.717) is 16.2 Å². The first kappa shape index (κ1) is 17.2. The summed E-state index contributed by atoms with van der Waals surface area (Å²) < 4.78 is 44.7. The van der Waals surface area contributed by atoms with Crippen LogP contribution in [0.15, 0.2) is 64.8 Å². The Morgan fingerprint density at radius 1 is 1.00 bits per heavy atom. The van der Waals surface area contributed by atoms with Gasteiger partial charge in [0.05, 0.1) is 7.11 Å². The number of hydrogen-bond donors (Lipinski definition) is 0. The predicted octanol–water partition coefficient (Wildman–Crippen LogP) is 4.72. The van der Waals surface area contributed by atoms with E-state index < -0.39 is 11.9 Å². The van der Waals surface area contributed by atoms with Gasteiger partial charge in [-0.05, 0) is 30.3 Å². The second-order valence-corrected chi connectivity index (χ2v) is 6.02. The summed E-state index contributed by atoms with van der Waals surface area (Å²) in [5, 5.41) is 0.197. The summed E-state index contributed by atoms with van der Waals surface area (Å²) in [7, 11) is 1.53. The van der Waals surface area contributed by atoms with Crippen LogP contribution in [0.2, 0.25) is 0 Å². The zero-order valence-corrected chi connectivity index (χ0v) is 13.8. The first-order valence-electron chi connectivity index (χ1n) is 7.14. The average molecular weight is 363 g/mol. The first-order chi connectivity index (χ1) is 12.0. The van der Waals surface area contributed by atoms with Crippen LogP contribution >= 0.6 is 11.8 Å². The normalized spacial score (nSPS) is 11.4. The lowest BCUT2D eigenvalue weighted by Gasteiger charge is -2.10. The van der Waals surface area contributed by atoms with Crippen molar-refractivity contribution >= 4 is 11.8 Å². The van der Waals surface area contributed by atoms with E-state index in [1.165, 1.54) is 19.5 Å². The van der Waals surface area contributed by atoms with E-state index in [-0.39, 0.29) is 10.9 Å². The van der Waals surface area contributed by atoms with E-state index in [9.17, 15) is 13.2 Å². The van der Waals surface area contributed by atoms with Gasteiger partial charge < -0.3 is 4.74 Å². The largest absolute Gasteiger partial charge is 0.497 e. The molecule has 4 nitrogen and oxygen atoms in total. The third-order valence-electron chi connectivity index (χ3n) is 3.20. The van der Waals surface area contributed by atoms with E-state index >= 15 is 0 Å². The fourth-order valence-electron chi connectivity index (χ4n) is 2.04. The minimum atomic E-state index is -4.56. The van der Waals surface area contributed by atoms with Crippen molar-refractivity contribution in [1.29, 1.82) is 0 Å². The molecule has 0 radical (unpaired) electrons. The lowest BCUT2D eigenvalue weighted by atomic mass is 10.2. The van der Waals surface area contributed by atoms with Crippen molar-refractivity contribution < 1.29 is 17.9 Å². The number of hydrogen-bond acceptors (Lipinski definition) is 5. The molecular formula is C17H12F3N3OS. The SMILES string of the molecule is COc1cccc(Sc2cc(C(F)(F)F)nc(-c3ccncc3)n2)c1. The Kier molecular flexibility index (Phi) is 4.89. The summed E-state index contributed by atoms with van der Waals surface area (Å²) in [5.74, 6) is 0.618. The van der Waals surface area contributed by atoms with Gasteiger partial charge in [-0.25, -0.2) is 9.97 Å². The molecule has 0 unspecified atom stereocenters. The Balaban J connectivity index is 2.03. The van der Waals surface area contributed by atoms with Crippen LogP contribution < -0.4 is 4.74 Å². The van der Waals surface area contributed by atoms with Crippen molar-refractivity contribution in [2.45, 2.75) is 16.1 Å². The quantitative estimate of drug-likeness (QED) is 0.628. The summed E-state index contributed by atoms with van der Waals surface area (Å²) in [4.78, 5) is 12.5. The lowest BCUT2D eigenvalue weighted by molar-refractivity contribution is -0.141. The third kappa shape index (κ3) is 4.27. The van der Waals surface area contributed by atoms with Gasteiger partial charge in [0.15, 0.2) is 5.82 Å². The minimum absolute atomic E-state index is 0.00243. The molecule has 0 saturated heterocycles. The van der Waals surface area contributed by atoms with Crippen LogP contribution in [0.25, 0.3) is 11.4 Å². The van der Waals surface area contributed by atoms with Gasteiger partial charge in [0.2, 0.25) is 0 Å². The average Bonchev–Trinajstić information content (AvgIpc) is 2.61. The van der Waals surface area contributed by atoms with Crippen LogP contribution in [0.5, 0.6) is 5.75 Å². The highest BCUT2D eigenvalue weighted by molar-refractivity contribution is 7.99. The highest BCUT2D eigenvalue weighted by Crippen LogP contribution is 2.34. The van der Waals surface area contributed by atoms with Crippen molar-refractivity contribution in [1.82, 2.24) is 15.0 Å². The summed E-state index contributed by atoms with van der Waals surface area (Å²) >= 11 is 1.11. The molecule has 0 spiro atoms. The molecule has 2 heterocycles. The second-order valence-electron chi connectivity index (χ2n) is 4.93. The molecule has 2 aromatic heterocycles. The fourth-order valence-corrected chi connectivity index (χ4v) is 2.90. The molecule has 0 aliphatic rings. The summed E-state index contributed by atoms with van der Waals surface area (Å²) in [6, 6.07) is 11.1. The molecule has 0 atom stereocenters. The zero-order chi connectivity index (χ0) is 17.9. The highest BCUT2D eigenvalue weighted by Gasteiger charge is 2.34. The van der Waals surface area contributed by atoms with Crippen molar-refractivity contribution in [3.05, 3.63) is 60.6 Å². The molecule has 0 aliphatic carbocycles.